The monoisotopic (exact) mass is 678 g/mol. The molecule has 4 rings (SSSR count). The van der Waals surface area contributed by atoms with E-state index in [9.17, 15) is 36.2 Å². The van der Waals surface area contributed by atoms with Crippen LogP contribution in [0.1, 0.15) is 36.3 Å². The average Bonchev–Trinajstić information content (AvgIpc) is 3.33. The summed E-state index contributed by atoms with van der Waals surface area (Å²) in [4.78, 5) is 1.72. The predicted molar refractivity (Wildman–Crippen MR) is 159 cm³/mol. The van der Waals surface area contributed by atoms with Gasteiger partial charge in [0.05, 0.1) is 37.8 Å². The van der Waals surface area contributed by atoms with E-state index in [1.165, 1.54) is 23.1 Å². The lowest BCUT2D eigenvalue weighted by Gasteiger charge is -2.19. The van der Waals surface area contributed by atoms with Crippen molar-refractivity contribution in [2.75, 3.05) is 11.5 Å². The van der Waals surface area contributed by atoms with E-state index in [0.29, 0.717) is 27.0 Å². The molecule has 2 aromatic carbocycles. The fourth-order valence-electron chi connectivity index (χ4n) is 4.64. The molecule has 222 valence electrons. The summed E-state index contributed by atoms with van der Waals surface area (Å²) in [5.41, 5.74) is 2.33. The average molecular weight is 680 g/mol. The Morgan fingerprint density at radius 1 is 1.02 bits per heavy atom. The quantitative estimate of drug-likeness (QED) is 0.223. The van der Waals surface area contributed by atoms with Crippen molar-refractivity contribution in [3.8, 4) is 0 Å². The van der Waals surface area contributed by atoms with Crippen LogP contribution < -0.4 is 4.57 Å². The second-order valence-corrected chi connectivity index (χ2v) is 15.6. The molecule has 0 saturated heterocycles. The summed E-state index contributed by atoms with van der Waals surface area (Å²) in [7, 11) is -9.28. The van der Waals surface area contributed by atoms with E-state index in [2.05, 4.69) is 0 Å². The first-order valence-corrected chi connectivity index (χ1v) is 17.9. The maximum atomic E-state index is 11.3. The normalized spacial score (nSPS) is 18.7. The fraction of sp³-hybridized carbons (Fsp3) is 0.346. The predicted octanol–water partition coefficient (Wildman–Crippen LogP) is 4.26. The summed E-state index contributed by atoms with van der Waals surface area (Å²) in [5.74, 6) is -2.25. The Bertz CT molecular complexity index is 1740. The third kappa shape index (κ3) is 8.75. The minimum Gasteiger partial charge on any atom is -0.748 e. The SMILES string of the molecule is CCC(=Cc1sc2ccc(Cl)cc2[n+]1CC(O)CS(=O)(=O)[O-])/C=C1\Sc2ccc(Cl)cc2C1CC(O)CS(=O)(=O)[O-]. The number of benzene rings is 2. The van der Waals surface area contributed by atoms with Crippen LogP contribution in [0.3, 0.4) is 0 Å². The Morgan fingerprint density at radius 2 is 1.66 bits per heavy atom. The molecule has 0 spiro atoms. The van der Waals surface area contributed by atoms with Gasteiger partial charge in [0.25, 0.3) is 5.01 Å². The van der Waals surface area contributed by atoms with Crippen molar-refractivity contribution in [1.29, 1.82) is 0 Å². The molecule has 1 aromatic heterocycles. The molecule has 0 aliphatic carbocycles. The van der Waals surface area contributed by atoms with Crippen molar-refractivity contribution in [2.24, 2.45) is 0 Å². The molecule has 41 heavy (non-hydrogen) atoms. The van der Waals surface area contributed by atoms with Gasteiger partial charge in [-0.25, -0.2) is 16.8 Å². The Balaban J connectivity index is 1.75. The van der Waals surface area contributed by atoms with Gasteiger partial charge in [-0.1, -0.05) is 53.2 Å². The topological polar surface area (TPSA) is 159 Å². The third-order valence-electron chi connectivity index (χ3n) is 6.35. The van der Waals surface area contributed by atoms with Crippen molar-refractivity contribution in [3.05, 3.63) is 73.6 Å². The van der Waals surface area contributed by atoms with Crippen LogP contribution in [0.5, 0.6) is 0 Å². The van der Waals surface area contributed by atoms with E-state index in [-0.39, 0.29) is 13.0 Å². The number of rotatable bonds is 11. The number of hydrogen-bond donors (Lipinski definition) is 2. The minimum atomic E-state index is -4.65. The number of thiazole rings is 1. The van der Waals surface area contributed by atoms with E-state index in [1.54, 1.807) is 28.8 Å². The molecule has 0 amide bonds. The van der Waals surface area contributed by atoms with Crippen LogP contribution in [0.15, 0.2) is 57.8 Å². The van der Waals surface area contributed by atoms with Crippen LogP contribution in [0, 0.1) is 0 Å². The van der Waals surface area contributed by atoms with Crippen LogP contribution in [0.25, 0.3) is 16.3 Å². The van der Waals surface area contributed by atoms with E-state index in [0.717, 1.165) is 25.6 Å². The molecule has 0 radical (unpaired) electrons. The largest absolute Gasteiger partial charge is 0.748 e. The first-order valence-electron chi connectivity index (χ1n) is 12.4. The number of aliphatic hydroxyl groups is 2. The smallest absolute Gasteiger partial charge is 0.263 e. The van der Waals surface area contributed by atoms with Gasteiger partial charge in [-0.2, -0.15) is 4.57 Å². The van der Waals surface area contributed by atoms with E-state index >= 15 is 0 Å². The highest BCUT2D eigenvalue weighted by Gasteiger charge is 2.31. The Hall–Kier alpha value is -1.52. The Kier molecular flexibility index (Phi) is 10.3. The van der Waals surface area contributed by atoms with Crippen LogP contribution in [0.4, 0.5) is 0 Å². The van der Waals surface area contributed by atoms with Gasteiger partial charge < -0.3 is 19.3 Å². The van der Waals surface area contributed by atoms with Crippen LogP contribution in [-0.4, -0.2) is 59.9 Å². The van der Waals surface area contributed by atoms with E-state index in [1.807, 2.05) is 31.2 Å². The Morgan fingerprint density at radius 3 is 2.32 bits per heavy atom. The molecular weight excluding hydrogens is 653 g/mol. The molecule has 15 heteroatoms. The molecule has 3 unspecified atom stereocenters. The van der Waals surface area contributed by atoms with Crippen molar-refractivity contribution in [1.82, 2.24) is 0 Å². The molecule has 0 saturated carbocycles. The highest BCUT2D eigenvalue weighted by atomic mass is 35.5. The second kappa shape index (κ2) is 13.0. The lowest BCUT2D eigenvalue weighted by atomic mass is 9.92. The lowest BCUT2D eigenvalue weighted by molar-refractivity contribution is -0.675. The van der Waals surface area contributed by atoms with Crippen molar-refractivity contribution >= 4 is 82.8 Å². The zero-order valence-corrected chi connectivity index (χ0v) is 26.3. The molecule has 3 aromatic rings. The minimum absolute atomic E-state index is 0.00187. The summed E-state index contributed by atoms with van der Waals surface area (Å²) in [6, 6.07) is 10.6. The highest BCUT2D eigenvalue weighted by Crippen LogP contribution is 2.51. The van der Waals surface area contributed by atoms with Crippen molar-refractivity contribution in [3.63, 3.8) is 0 Å². The van der Waals surface area contributed by atoms with Gasteiger partial charge in [0.2, 0.25) is 5.52 Å². The van der Waals surface area contributed by atoms with Gasteiger partial charge in [-0.05, 0) is 65.3 Å². The molecule has 9 nitrogen and oxygen atoms in total. The van der Waals surface area contributed by atoms with Gasteiger partial charge in [-0.3, -0.25) is 0 Å². The molecule has 1 aliphatic rings. The number of allylic oxidation sites excluding steroid dienone is 3. The number of aliphatic hydroxyl groups excluding tert-OH is 2. The van der Waals surface area contributed by atoms with Crippen LogP contribution >= 0.6 is 46.3 Å². The number of nitrogens with zero attached hydrogens (tertiary/aromatic N) is 1. The van der Waals surface area contributed by atoms with E-state index < -0.39 is 49.9 Å². The van der Waals surface area contributed by atoms with Crippen LogP contribution in [0.2, 0.25) is 10.0 Å². The number of hydrogen-bond acceptors (Lipinski definition) is 10. The van der Waals surface area contributed by atoms with Crippen LogP contribution in [-0.2, 0) is 26.8 Å². The van der Waals surface area contributed by atoms with Gasteiger partial charge in [0, 0.05) is 33.0 Å². The van der Waals surface area contributed by atoms with Gasteiger partial charge >= 0.3 is 0 Å². The summed E-state index contributed by atoms with van der Waals surface area (Å²) in [6.07, 6.45) is 1.57. The first kappa shape index (κ1) is 32.4. The van der Waals surface area contributed by atoms with Crippen molar-refractivity contribution in [2.45, 2.75) is 49.3 Å². The first-order chi connectivity index (χ1) is 19.1. The maximum absolute atomic E-state index is 11.3. The molecule has 2 heterocycles. The number of fused-ring (bicyclic) bond motifs is 2. The number of thioether (sulfide) groups is 1. The van der Waals surface area contributed by atoms with Gasteiger partial charge in [-0.15, -0.1) is 0 Å². The number of aromatic nitrogens is 1. The van der Waals surface area contributed by atoms with E-state index in [4.69, 9.17) is 23.2 Å². The maximum Gasteiger partial charge on any atom is 0.263 e. The fourth-order valence-corrected chi connectivity index (χ4v) is 8.59. The number of halogens is 2. The summed E-state index contributed by atoms with van der Waals surface area (Å²) in [5, 5.41) is 22.4. The van der Waals surface area contributed by atoms with Gasteiger partial charge in [0.15, 0.2) is 6.54 Å². The summed E-state index contributed by atoms with van der Waals surface area (Å²) in [6.45, 7) is 1.78. The molecule has 1 aliphatic heterocycles. The zero-order valence-electron chi connectivity index (χ0n) is 21.6. The van der Waals surface area contributed by atoms with Gasteiger partial charge in [0.1, 0.15) is 10.8 Å². The molecule has 0 bridgehead atoms. The summed E-state index contributed by atoms with van der Waals surface area (Å²) < 4.78 is 70.1. The van der Waals surface area contributed by atoms with Crippen molar-refractivity contribution < 1.29 is 40.7 Å². The molecule has 2 N–H and O–H groups in total. The second-order valence-electron chi connectivity index (χ2n) is 9.61. The lowest BCUT2D eigenvalue weighted by Crippen LogP contribution is -2.43. The molecular formula is C26H26Cl2NO8S4-. The Labute approximate surface area is 256 Å². The standard InChI is InChI=1S/C26H27Cl2NO8S4/c1-2-15(7-25-21(11-18(30)13-40(32,33)34)20-9-16(27)3-5-23(20)38-25)8-26-29(12-19(31)14-41(35,36)37)22-10-17(28)4-6-24(22)39-26/h3-10,18-19,21,30-31H,2,11-14H2,1H3,(H-,32,33,34,35,36,37)/p-1/b15-8?,25-7-. The third-order valence-corrected chi connectivity index (χ3v) is 10.7. The molecule has 0 fully saturated rings. The summed E-state index contributed by atoms with van der Waals surface area (Å²) >= 11 is 15.3. The molecule has 3 atom stereocenters. The highest BCUT2D eigenvalue weighted by molar-refractivity contribution is 8.03. The zero-order chi connectivity index (χ0) is 30.1.